The molecule has 2 N–H and O–H groups in total. The quantitative estimate of drug-likeness (QED) is 0.723. The topological polar surface area (TPSA) is 104 Å². The number of H-pyrrole nitrogens is 2. The van der Waals surface area contributed by atoms with Crippen LogP contribution in [-0.4, -0.2) is 43.6 Å². The number of pyridine rings is 1. The molecule has 0 bridgehead atoms. The van der Waals surface area contributed by atoms with Gasteiger partial charge in [0.1, 0.15) is 11.9 Å². The Kier molecular flexibility index (Phi) is 4.68. The number of aryl methyl sites for hydroxylation is 1. The number of hydrogen-bond acceptors (Lipinski definition) is 4. The predicted molar refractivity (Wildman–Crippen MR) is 104 cm³/mol. The molecule has 28 heavy (non-hydrogen) atoms. The second kappa shape index (κ2) is 7.30. The molecule has 0 atom stereocenters. The summed E-state index contributed by atoms with van der Waals surface area (Å²) in [5.74, 6) is -0.281. The number of hydrogen-bond donors (Lipinski definition) is 2. The molecule has 0 aliphatic carbocycles. The third kappa shape index (κ3) is 3.28. The fraction of sp³-hybridized carbons (Fsp3) is 0.300. The van der Waals surface area contributed by atoms with Gasteiger partial charge in [-0.25, -0.2) is 9.89 Å². The summed E-state index contributed by atoms with van der Waals surface area (Å²) in [5.41, 5.74) is 2.03. The van der Waals surface area contributed by atoms with Gasteiger partial charge in [0.25, 0.3) is 11.5 Å². The summed E-state index contributed by atoms with van der Waals surface area (Å²) in [6, 6.07) is 11.3. The molecule has 1 aromatic carbocycles. The molecule has 1 aliphatic heterocycles. The number of nitrogens with zero attached hydrogens (tertiary/aromatic N) is 3. The van der Waals surface area contributed by atoms with E-state index in [0.717, 1.165) is 16.8 Å². The Hall–Kier alpha value is -3.42. The van der Waals surface area contributed by atoms with Gasteiger partial charge in [0.2, 0.25) is 0 Å². The number of nitrogens with one attached hydrogen (secondary N) is 2. The molecule has 2 aromatic heterocycles. The first-order chi connectivity index (χ1) is 13.5. The van der Waals surface area contributed by atoms with Crippen LogP contribution in [0.2, 0.25) is 0 Å². The Morgan fingerprint density at radius 1 is 1.14 bits per heavy atom. The number of aromatic nitrogens is 4. The van der Waals surface area contributed by atoms with Crippen molar-refractivity contribution in [1.29, 1.82) is 0 Å². The fourth-order valence-electron chi connectivity index (χ4n) is 3.73. The second-order valence-corrected chi connectivity index (χ2v) is 7.01. The highest BCUT2D eigenvalue weighted by Crippen LogP contribution is 2.24. The maximum Gasteiger partial charge on any atom is 0.343 e. The van der Waals surface area contributed by atoms with Crippen LogP contribution in [0.15, 0.2) is 52.3 Å². The molecule has 1 saturated heterocycles. The van der Waals surface area contributed by atoms with Crippen molar-refractivity contribution in [2.24, 2.45) is 0 Å². The van der Waals surface area contributed by atoms with Gasteiger partial charge in [0, 0.05) is 30.4 Å². The lowest BCUT2D eigenvalue weighted by Crippen LogP contribution is -2.42. The van der Waals surface area contributed by atoms with E-state index < -0.39 is 0 Å². The zero-order valence-corrected chi connectivity index (χ0v) is 15.5. The van der Waals surface area contributed by atoms with Crippen LogP contribution in [0.1, 0.15) is 34.9 Å². The van der Waals surface area contributed by atoms with Gasteiger partial charge in [0.15, 0.2) is 0 Å². The first kappa shape index (κ1) is 18.0. The molecule has 0 spiro atoms. The number of carbonyl (C=O) groups excluding carboxylic acids is 1. The fourth-order valence-corrected chi connectivity index (χ4v) is 3.73. The number of rotatable bonds is 3. The van der Waals surface area contributed by atoms with Crippen LogP contribution in [0.25, 0.3) is 11.1 Å². The molecule has 0 radical (unpaired) electrons. The summed E-state index contributed by atoms with van der Waals surface area (Å²) in [6.07, 6.45) is 2.77. The third-order valence-corrected chi connectivity index (χ3v) is 5.28. The highest BCUT2D eigenvalue weighted by molar-refractivity contribution is 5.95. The molecular weight excluding hydrogens is 358 g/mol. The van der Waals surface area contributed by atoms with Gasteiger partial charge < -0.3 is 9.88 Å². The minimum atomic E-state index is -0.379. The van der Waals surface area contributed by atoms with Crippen LogP contribution < -0.4 is 11.2 Å². The normalized spacial score (nSPS) is 15.0. The molecule has 0 saturated carbocycles. The summed E-state index contributed by atoms with van der Waals surface area (Å²) >= 11 is 0. The van der Waals surface area contributed by atoms with E-state index in [4.69, 9.17) is 0 Å². The number of aromatic amines is 2. The number of amides is 1. The van der Waals surface area contributed by atoms with Crippen molar-refractivity contribution in [3.63, 3.8) is 0 Å². The van der Waals surface area contributed by atoms with Gasteiger partial charge in [-0.05, 0) is 31.4 Å². The first-order valence-corrected chi connectivity index (χ1v) is 9.24. The van der Waals surface area contributed by atoms with Crippen LogP contribution in [-0.2, 0) is 0 Å². The Labute approximate surface area is 160 Å². The smallest absolute Gasteiger partial charge is 0.338 e. The summed E-state index contributed by atoms with van der Waals surface area (Å²) in [5, 5.41) is 6.15. The van der Waals surface area contributed by atoms with E-state index in [0.29, 0.717) is 25.9 Å². The van der Waals surface area contributed by atoms with Crippen molar-refractivity contribution in [1.82, 2.24) is 24.6 Å². The van der Waals surface area contributed by atoms with Crippen LogP contribution >= 0.6 is 0 Å². The van der Waals surface area contributed by atoms with Crippen molar-refractivity contribution >= 4 is 5.91 Å². The largest absolute Gasteiger partial charge is 0.343 e. The number of piperidine rings is 1. The number of carbonyl (C=O) groups is 1. The second-order valence-electron chi connectivity index (χ2n) is 7.01. The molecule has 0 unspecified atom stereocenters. The molecule has 1 aliphatic rings. The van der Waals surface area contributed by atoms with E-state index in [9.17, 15) is 14.4 Å². The maximum absolute atomic E-state index is 13.0. The SMILES string of the molecule is Cc1[nH]c(=O)c(C(=O)N2CCC(n3cn[nH]c3=O)CC2)cc1-c1ccccc1. The lowest BCUT2D eigenvalue weighted by atomic mass is 10.0. The van der Waals surface area contributed by atoms with E-state index in [-0.39, 0.29) is 28.8 Å². The summed E-state index contributed by atoms with van der Waals surface area (Å²) < 4.78 is 1.56. The van der Waals surface area contributed by atoms with E-state index in [1.54, 1.807) is 15.5 Å². The summed E-state index contributed by atoms with van der Waals surface area (Å²) in [6.45, 7) is 2.79. The standard InChI is InChI=1S/C20H21N5O3/c1-13-16(14-5-3-2-4-6-14)11-17(18(26)22-13)19(27)24-9-7-15(8-10-24)25-12-21-23-20(25)28/h2-6,11-12,15H,7-10H2,1H3,(H,22,26)(H,23,28). The Morgan fingerprint density at radius 2 is 1.86 bits per heavy atom. The van der Waals surface area contributed by atoms with Crippen molar-refractivity contribution in [3.8, 4) is 11.1 Å². The van der Waals surface area contributed by atoms with Crippen LogP contribution in [0, 0.1) is 6.92 Å². The summed E-state index contributed by atoms with van der Waals surface area (Å²) in [7, 11) is 0. The highest BCUT2D eigenvalue weighted by Gasteiger charge is 2.27. The van der Waals surface area contributed by atoms with Gasteiger partial charge in [-0.1, -0.05) is 30.3 Å². The molecule has 144 valence electrons. The average molecular weight is 379 g/mol. The Balaban J connectivity index is 1.56. The molecule has 3 heterocycles. The molecular formula is C20H21N5O3. The molecule has 1 amide bonds. The van der Waals surface area contributed by atoms with Crippen LogP contribution in [0.5, 0.6) is 0 Å². The summed E-state index contributed by atoms with van der Waals surface area (Å²) in [4.78, 5) is 41.6. The molecule has 8 heteroatoms. The van der Waals surface area contributed by atoms with E-state index in [2.05, 4.69) is 15.2 Å². The van der Waals surface area contributed by atoms with Gasteiger partial charge in [-0.15, -0.1) is 0 Å². The van der Waals surface area contributed by atoms with Crippen molar-refractivity contribution < 1.29 is 4.79 Å². The maximum atomic E-state index is 13.0. The molecule has 4 rings (SSSR count). The Bertz CT molecular complexity index is 1100. The van der Waals surface area contributed by atoms with E-state index in [1.165, 1.54) is 6.33 Å². The van der Waals surface area contributed by atoms with Crippen molar-refractivity contribution in [2.75, 3.05) is 13.1 Å². The Morgan fingerprint density at radius 3 is 2.50 bits per heavy atom. The highest BCUT2D eigenvalue weighted by atomic mass is 16.2. The van der Waals surface area contributed by atoms with E-state index >= 15 is 0 Å². The minimum absolute atomic E-state index is 0.00600. The minimum Gasteiger partial charge on any atom is -0.338 e. The number of benzene rings is 1. The van der Waals surface area contributed by atoms with Crippen LogP contribution in [0.4, 0.5) is 0 Å². The monoisotopic (exact) mass is 379 g/mol. The predicted octanol–water partition coefficient (Wildman–Crippen LogP) is 1.71. The van der Waals surface area contributed by atoms with E-state index in [1.807, 2.05) is 37.3 Å². The molecule has 1 fully saturated rings. The van der Waals surface area contributed by atoms with Crippen molar-refractivity contribution in [3.05, 3.63) is 74.8 Å². The van der Waals surface area contributed by atoms with Crippen LogP contribution in [0.3, 0.4) is 0 Å². The number of likely N-dealkylation sites (tertiary alicyclic amines) is 1. The lowest BCUT2D eigenvalue weighted by Gasteiger charge is -2.32. The van der Waals surface area contributed by atoms with Gasteiger partial charge in [0.05, 0.1) is 0 Å². The zero-order valence-electron chi connectivity index (χ0n) is 15.5. The van der Waals surface area contributed by atoms with Gasteiger partial charge in [-0.2, -0.15) is 5.10 Å². The van der Waals surface area contributed by atoms with Gasteiger partial charge in [-0.3, -0.25) is 14.2 Å². The lowest BCUT2D eigenvalue weighted by molar-refractivity contribution is 0.0691. The van der Waals surface area contributed by atoms with Gasteiger partial charge >= 0.3 is 5.69 Å². The third-order valence-electron chi connectivity index (χ3n) is 5.28. The van der Waals surface area contributed by atoms with Crippen molar-refractivity contribution in [2.45, 2.75) is 25.8 Å². The first-order valence-electron chi connectivity index (χ1n) is 9.24. The zero-order chi connectivity index (χ0) is 19.7. The molecule has 8 nitrogen and oxygen atoms in total. The average Bonchev–Trinajstić information content (AvgIpc) is 3.14. The molecule has 3 aromatic rings.